The Morgan fingerprint density at radius 2 is 2.10 bits per heavy atom. The van der Waals surface area contributed by atoms with Gasteiger partial charge in [-0.2, -0.15) is 0 Å². The van der Waals surface area contributed by atoms with Crippen LogP contribution in [0, 0.1) is 0 Å². The Labute approximate surface area is 125 Å². The second-order valence-electron chi connectivity index (χ2n) is 6.58. The largest absolute Gasteiger partial charge is 0.486 e. The van der Waals surface area contributed by atoms with E-state index >= 15 is 0 Å². The molecule has 1 aromatic carbocycles. The first-order chi connectivity index (χ1) is 9.92. The van der Waals surface area contributed by atoms with Crippen molar-refractivity contribution in [2.45, 2.75) is 38.9 Å². The van der Waals surface area contributed by atoms with Gasteiger partial charge in [0, 0.05) is 17.8 Å². The smallest absolute Gasteiger partial charge is 0.410 e. The summed E-state index contributed by atoms with van der Waals surface area (Å²) in [5, 5.41) is 3.34. The van der Waals surface area contributed by atoms with Crippen molar-refractivity contribution < 1.29 is 14.3 Å². The zero-order valence-electron chi connectivity index (χ0n) is 12.8. The summed E-state index contributed by atoms with van der Waals surface area (Å²) >= 11 is 0. The number of amides is 1. The lowest BCUT2D eigenvalue weighted by Gasteiger charge is -2.39. The number of nitrogens with zero attached hydrogens (tertiary/aromatic N) is 1. The molecular formula is C16H22N2O3. The molecule has 3 rings (SSSR count). The van der Waals surface area contributed by atoms with Crippen LogP contribution in [0.15, 0.2) is 18.2 Å². The summed E-state index contributed by atoms with van der Waals surface area (Å²) in [6.45, 7) is 7.76. The zero-order valence-corrected chi connectivity index (χ0v) is 12.8. The lowest BCUT2D eigenvalue weighted by atomic mass is 10.1. The van der Waals surface area contributed by atoms with E-state index in [2.05, 4.69) is 11.4 Å². The number of hydrogen-bond donors (Lipinski definition) is 1. The molecule has 0 radical (unpaired) electrons. The van der Waals surface area contributed by atoms with Crippen molar-refractivity contribution in [2.24, 2.45) is 0 Å². The Bertz CT molecular complexity index is 545. The van der Waals surface area contributed by atoms with Gasteiger partial charge < -0.3 is 19.7 Å². The van der Waals surface area contributed by atoms with Gasteiger partial charge in [-0.3, -0.25) is 0 Å². The van der Waals surface area contributed by atoms with Crippen LogP contribution >= 0.6 is 0 Å². The van der Waals surface area contributed by atoms with E-state index in [1.54, 1.807) is 4.90 Å². The van der Waals surface area contributed by atoms with Crippen LogP contribution in [0.5, 0.6) is 5.75 Å². The van der Waals surface area contributed by atoms with Gasteiger partial charge in [0.15, 0.2) is 0 Å². The summed E-state index contributed by atoms with van der Waals surface area (Å²) in [5.41, 5.74) is 1.96. The van der Waals surface area contributed by atoms with Gasteiger partial charge in [-0.25, -0.2) is 4.79 Å². The predicted molar refractivity (Wildman–Crippen MR) is 80.9 cm³/mol. The lowest BCUT2D eigenvalue weighted by Crippen LogP contribution is -2.57. The molecule has 0 aromatic heterocycles. The van der Waals surface area contributed by atoms with Crippen LogP contribution in [0.25, 0.3) is 0 Å². The highest BCUT2D eigenvalue weighted by molar-refractivity contribution is 5.69. The summed E-state index contributed by atoms with van der Waals surface area (Å²) in [6.07, 6.45) is 0.792. The predicted octanol–water partition coefficient (Wildman–Crippen LogP) is 2.65. The van der Waals surface area contributed by atoms with Gasteiger partial charge in [0.1, 0.15) is 17.5 Å². The van der Waals surface area contributed by atoms with E-state index < -0.39 is 5.60 Å². The van der Waals surface area contributed by atoms with Gasteiger partial charge in [0.05, 0.1) is 13.1 Å². The van der Waals surface area contributed by atoms with Crippen molar-refractivity contribution in [1.29, 1.82) is 0 Å². The number of ether oxygens (including phenoxy) is 2. The molecule has 0 unspecified atom stereocenters. The SMILES string of the molecule is CC(C)(C)OC(=O)N1CC(Oc2cccc3c2CCN3)C1. The number of likely N-dealkylation sites (tertiary alicyclic amines) is 1. The van der Waals surface area contributed by atoms with Crippen LogP contribution in [0.3, 0.4) is 0 Å². The maximum atomic E-state index is 11.9. The van der Waals surface area contributed by atoms with Gasteiger partial charge >= 0.3 is 6.09 Å². The fourth-order valence-electron chi connectivity index (χ4n) is 2.59. The second kappa shape index (κ2) is 5.13. The minimum Gasteiger partial charge on any atom is -0.486 e. The fraction of sp³-hybridized carbons (Fsp3) is 0.562. The standard InChI is InChI=1S/C16H22N2O3/c1-16(2,3)21-15(19)18-9-11(10-18)20-14-6-4-5-13-12(14)7-8-17-13/h4-6,11,17H,7-10H2,1-3H3. The van der Waals surface area contributed by atoms with Crippen molar-refractivity contribution in [3.05, 3.63) is 23.8 Å². The summed E-state index contributed by atoms with van der Waals surface area (Å²) in [6, 6.07) is 6.07. The van der Waals surface area contributed by atoms with Crippen molar-refractivity contribution in [3.8, 4) is 5.75 Å². The minimum absolute atomic E-state index is 0.0598. The van der Waals surface area contributed by atoms with E-state index in [1.165, 1.54) is 5.56 Å². The molecule has 0 atom stereocenters. The number of nitrogens with one attached hydrogen (secondary N) is 1. The first kappa shape index (κ1) is 14.0. The van der Waals surface area contributed by atoms with Crippen LogP contribution in [0.4, 0.5) is 10.5 Å². The van der Waals surface area contributed by atoms with Gasteiger partial charge in [0.2, 0.25) is 0 Å². The second-order valence-corrected chi connectivity index (χ2v) is 6.58. The number of benzene rings is 1. The molecule has 5 heteroatoms. The van der Waals surface area contributed by atoms with Crippen LogP contribution in [0.2, 0.25) is 0 Å². The topological polar surface area (TPSA) is 50.8 Å². The third-order valence-electron chi connectivity index (χ3n) is 3.62. The molecular weight excluding hydrogens is 268 g/mol. The molecule has 1 saturated heterocycles. The molecule has 2 aliphatic rings. The van der Waals surface area contributed by atoms with E-state index in [9.17, 15) is 4.79 Å². The number of rotatable bonds is 2. The van der Waals surface area contributed by atoms with Crippen molar-refractivity contribution in [1.82, 2.24) is 4.90 Å². The Morgan fingerprint density at radius 1 is 1.33 bits per heavy atom. The van der Waals surface area contributed by atoms with Gasteiger partial charge in [-0.1, -0.05) is 6.07 Å². The van der Waals surface area contributed by atoms with Gasteiger partial charge in [0.25, 0.3) is 0 Å². The highest BCUT2D eigenvalue weighted by Gasteiger charge is 2.35. The summed E-state index contributed by atoms with van der Waals surface area (Å²) in [4.78, 5) is 13.5. The molecule has 2 heterocycles. The van der Waals surface area contributed by atoms with Gasteiger partial charge in [-0.05, 0) is 39.3 Å². The Hall–Kier alpha value is -1.91. The summed E-state index contributed by atoms with van der Waals surface area (Å²) in [7, 11) is 0. The minimum atomic E-state index is -0.449. The molecule has 21 heavy (non-hydrogen) atoms. The highest BCUT2D eigenvalue weighted by atomic mass is 16.6. The maximum absolute atomic E-state index is 11.9. The van der Waals surface area contributed by atoms with E-state index in [4.69, 9.17) is 9.47 Å². The van der Waals surface area contributed by atoms with E-state index in [0.29, 0.717) is 13.1 Å². The summed E-state index contributed by atoms with van der Waals surface area (Å²) < 4.78 is 11.3. The number of carbonyl (C=O) groups excluding carboxylic acids is 1. The average Bonchev–Trinajstić information content (AvgIpc) is 2.79. The third-order valence-corrected chi connectivity index (χ3v) is 3.62. The van der Waals surface area contributed by atoms with Crippen LogP contribution in [-0.4, -0.2) is 42.3 Å². The molecule has 1 N–H and O–H groups in total. The first-order valence-corrected chi connectivity index (χ1v) is 7.43. The van der Waals surface area contributed by atoms with E-state index in [0.717, 1.165) is 24.4 Å². The van der Waals surface area contributed by atoms with Gasteiger partial charge in [-0.15, -0.1) is 0 Å². The summed E-state index contributed by atoms with van der Waals surface area (Å²) in [5.74, 6) is 0.936. The van der Waals surface area contributed by atoms with Crippen molar-refractivity contribution >= 4 is 11.8 Å². The average molecular weight is 290 g/mol. The zero-order chi connectivity index (χ0) is 15.0. The lowest BCUT2D eigenvalue weighted by molar-refractivity contribution is -0.0223. The van der Waals surface area contributed by atoms with E-state index in [1.807, 2.05) is 32.9 Å². The Kier molecular flexibility index (Phi) is 3.43. The number of hydrogen-bond acceptors (Lipinski definition) is 4. The van der Waals surface area contributed by atoms with Crippen LogP contribution < -0.4 is 10.1 Å². The number of fused-ring (bicyclic) bond motifs is 1. The number of carbonyl (C=O) groups is 1. The van der Waals surface area contributed by atoms with Crippen LogP contribution in [0.1, 0.15) is 26.3 Å². The quantitative estimate of drug-likeness (QED) is 0.909. The van der Waals surface area contributed by atoms with Crippen LogP contribution in [-0.2, 0) is 11.2 Å². The normalized spacial score (nSPS) is 17.8. The molecule has 0 bridgehead atoms. The van der Waals surface area contributed by atoms with Crippen molar-refractivity contribution in [2.75, 3.05) is 25.0 Å². The first-order valence-electron chi connectivity index (χ1n) is 7.43. The maximum Gasteiger partial charge on any atom is 0.410 e. The Morgan fingerprint density at radius 3 is 2.81 bits per heavy atom. The molecule has 0 spiro atoms. The number of anilines is 1. The molecule has 114 valence electrons. The third kappa shape index (κ3) is 3.06. The Balaban J connectivity index is 1.54. The molecule has 1 fully saturated rings. The fourth-order valence-corrected chi connectivity index (χ4v) is 2.59. The molecule has 1 aromatic rings. The molecule has 0 saturated carbocycles. The van der Waals surface area contributed by atoms with E-state index in [-0.39, 0.29) is 12.2 Å². The highest BCUT2D eigenvalue weighted by Crippen LogP contribution is 2.32. The molecule has 1 amide bonds. The monoisotopic (exact) mass is 290 g/mol. The molecule has 5 nitrogen and oxygen atoms in total. The van der Waals surface area contributed by atoms with Crippen molar-refractivity contribution in [3.63, 3.8) is 0 Å². The molecule has 0 aliphatic carbocycles. The molecule has 2 aliphatic heterocycles.